The molecule has 0 fully saturated rings. The summed E-state index contributed by atoms with van der Waals surface area (Å²) in [7, 11) is 5.65. The second-order valence-corrected chi connectivity index (χ2v) is 6.93. The van der Waals surface area contributed by atoms with Gasteiger partial charge in [-0.3, -0.25) is 0 Å². The van der Waals surface area contributed by atoms with E-state index in [9.17, 15) is 0 Å². The first-order valence-corrected chi connectivity index (χ1v) is 9.43. The Bertz CT molecular complexity index is 752. The van der Waals surface area contributed by atoms with Crippen molar-refractivity contribution in [2.45, 2.75) is 53.8 Å². The van der Waals surface area contributed by atoms with Crippen LogP contribution in [0.3, 0.4) is 0 Å². The number of hydrogen-bond donors (Lipinski definition) is 0. The van der Waals surface area contributed by atoms with E-state index in [0.717, 1.165) is 12.8 Å². The summed E-state index contributed by atoms with van der Waals surface area (Å²) in [5.41, 5.74) is 10.3. The fourth-order valence-electron chi connectivity index (χ4n) is 3.60. The molecule has 3 heteroatoms. The van der Waals surface area contributed by atoms with Crippen molar-refractivity contribution in [3.05, 3.63) is 57.6 Å². The van der Waals surface area contributed by atoms with E-state index in [1.54, 1.807) is 14.2 Å². The zero-order valence-corrected chi connectivity index (χ0v) is 17.4. The molecule has 0 heterocycles. The maximum Gasteiger partial charge on any atom is 0.0716 e. The zero-order chi connectivity index (χ0) is 19.3. The van der Waals surface area contributed by atoms with Crippen molar-refractivity contribution in [1.82, 2.24) is 0 Å². The fourth-order valence-corrected chi connectivity index (χ4v) is 3.60. The number of rotatable bonds is 8. The maximum atomic E-state index is 5.42. The van der Waals surface area contributed by atoms with Crippen LogP contribution in [0.25, 0.3) is 0 Å². The smallest absolute Gasteiger partial charge is 0.0716 e. The first-order chi connectivity index (χ1) is 12.5. The van der Waals surface area contributed by atoms with Crippen LogP contribution < -0.4 is 4.90 Å². The molecule has 26 heavy (non-hydrogen) atoms. The number of hydrogen-bond acceptors (Lipinski definition) is 3. The van der Waals surface area contributed by atoms with Crippen molar-refractivity contribution in [2.75, 3.05) is 26.2 Å². The van der Waals surface area contributed by atoms with E-state index in [4.69, 9.17) is 9.47 Å². The predicted molar refractivity (Wildman–Crippen MR) is 111 cm³/mol. The fraction of sp³-hybridized carbons (Fsp3) is 0.478. The Hall–Kier alpha value is -1.84. The average molecular weight is 356 g/mol. The molecule has 0 amide bonds. The van der Waals surface area contributed by atoms with Gasteiger partial charge in [0.15, 0.2) is 0 Å². The summed E-state index contributed by atoms with van der Waals surface area (Å²) in [4.78, 5) is 2.32. The third kappa shape index (κ3) is 4.28. The molecule has 2 rings (SSSR count). The molecule has 0 spiro atoms. The monoisotopic (exact) mass is 355 g/mol. The molecule has 3 nitrogen and oxygen atoms in total. The molecular weight excluding hydrogens is 322 g/mol. The van der Waals surface area contributed by atoms with Gasteiger partial charge in [-0.1, -0.05) is 26.0 Å². The highest BCUT2D eigenvalue weighted by Gasteiger charge is 2.16. The quantitative estimate of drug-likeness (QED) is 0.625. The van der Waals surface area contributed by atoms with Crippen LogP contribution in [-0.2, 0) is 35.5 Å². The minimum atomic E-state index is 0.603. The van der Waals surface area contributed by atoms with Crippen molar-refractivity contribution in [1.29, 1.82) is 0 Å². The first kappa shape index (κ1) is 20.5. The summed E-state index contributed by atoms with van der Waals surface area (Å²) in [6, 6.07) is 9.10. The Morgan fingerprint density at radius 3 is 1.81 bits per heavy atom. The third-order valence-electron chi connectivity index (χ3n) is 5.22. The molecule has 0 aromatic heterocycles. The van der Waals surface area contributed by atoms with Crippen LogP contribution in [0, 0.1) is 13.8 Å². The van der Waals surface area contributed by atoms with Crippen LogP contribution >= 0.6 is 0 Å². The van der Waals surface area contributed by atoms with Crippen LogP contribution in [-0.4, -0.2) is 21.3 Å². The molecule has 0 unspecified atom stereocenters. The maximum absolute atomic E-state index is 5.42. The Morgan fingerprint density at radius 2 is 1.27 bits per heavy atom. The van der Waals surface area contributed by atoms with Gasteiger partial charge in [0, 0.05) is 32.6 Å². The van der Waals surface area contributed by atoms with Gasteiger partial charge in [-0.05, 0) is 72.2 Å². The van der Waals surface area contributed by atoms with E-state index in [1.165, 1.54) is 44.8 Å². The highest BCUT2D eigenvalue weighted by atomic mass is 16.5. The molecule has 0 aliphatic carbocycles. The summed E-state index contributed by atoms with van der Waals surface area (Å²) in [6.07, 6.45) is 2.10. The summed E-state index contributed by atoms with van der Waals surface area (Å²) in [5.74, 6) is 0. The Labute approximate surface area is 158 Å². The molecule has 142 valence electrons. The van der Waals surface area contributed by atoms with Gasteiger partial charge in [-0.15, -0.1) is 0 Å². The summed E-state index contributed by atoms with van der Waals surface area (Å²) in [6.45, 7) is 10.1. The van der Waals surface area contributed by atoms with Crippen molar-refractivity contribution in [3.63, 3.8) is 0 Å². The van der Waals surface area contributed by atoms with Crippen molar-refractivity contribution in [2.24, 2.45) is 0 Å². The average Bonchev–Trinajstić information content (AvgIpc) is 2.64. The van der Waals surface area contributed by atoms with Crippen LogP contribution in [0.2, 0.25) is 0 Å². The van der Waals surface area contributed by atoms with Gasteiger partial charge in [0.1, 0.15) is 0 Å². The molecule has 0 radical (unpaired) electrons. The van der Waals surface area contributed by atoms with Gasteiger partial charge in [0.2, 0.25) is 0 Å². The molecule has 2 aromatic rings. The van der Waals surface area contributed by atoms with Crippen LogP contribution in [0.1, 0.15) is 47.2 Å². The molecule has 0 N–H and O–H groups in total. The van der Waals surface area contributed by atoms with E-state index in [0.29, 0.717) is 13.2 Å². The molecule has 0 bridgehead atoms. The molecule has 0 saturated carbocycles. The van der Waals surface area contributed by atoms with E-state index in [1.807, 2.05) is 0 Å². The predicted octanol–water partition coefficient (Wildman–Crippen LogP) is 5.49. The molecule has 0 saturated heterocycles. The van der Waals surface area contributed by atoms with Crippen molar-refractivity contribution >= 4 is 11.4 Å². The minimum Gasteiger partial charge on any atom is -0.380 e. The lowest BCUT2D eigenvalue weighted by Crippen LogP contribution is -2.15. The van der Waals surface area contributed by atoms with Gasteiger partial charge in [-0.25, -0.2) is 0 Å². The van der Waals surface area contributed by atoms with Gasteiger partial charge < -0.3 is 14.4 Å². The Balaban J connectivity index is 2.60. The van der Waals surface area contributed by atoms with Crippen LogP contribution in [0.5, 0.6) is 0 Å². The lowest BCUT2D eigenvalue weighted by molar-refractivity contribution is 0.179. The second-order valence-electron chi connectivity index (χ2n) is 6.93. The number of methoxy groups -OCH3 is 2. The van der Waals surface area contributed by atoms with Gasteiger partial charge >= 0.3 is 0 Å². The van der Waals surface area contributed by atoms with Gasteiger partial charge in [0.05, 0.1) is 13.2 Å². The third-order valence-corrected chi connectivity index (χ3v) is 5.22. The highest BCUT2D eigenvalue weighted by molar-refractivity contribution is 5.71. The normalized spacial score (nSPS) is 11.0. The highest BCUT2D eigenvalue weighted by Crippen LogP contribution is 2.34. The SMILES string of the molecule is CCc1cc(CC)c(C)c(N(C)c2cc(COC)cc(COC)c2C)c1. The first-order valence-electron chi connectivity index (χ1n) is 9.43. The molecule has 0 atom stereocenters. The number of anilines is 2. The van der Waals surface area contributed by atoms with E-state index in [-0.39, 0.29) is 0 Å². The molecule has 0 aliphatic rings. The molecule has 0 aliphatic heterocycles. The van der Waals surface area contributed by atoms with E-state index >= 15 is 0 Å². The number of nitrogens with zero attached hydrogens (tertiary/aromatic N) is 1. The van der Waals surface area contributed by atoms with E-state index in [2.05, 4.69) is 63.9 Å². The number of ether oxygens (including phenoxy) is 2. The number of benzene rings is 2. The lowest BCUT2D eigenvalue weighted by atomic mass is 9.97. The van der Waals surface area contributed by atoms with Crippen molar-refractivity contribution < 1.29 is 9.47 Å². The van der Waals surface area contributed by atoms with Crippen LogP contribution in [0.4, 0.5) is 11.4 Å². The zero-order valence-electron chi connectivity index (χ0n) is 17.4. The summed E-state index contributed by atoms with van der Waals surface area (Å²) < 4.78 is 10.8. The largest absolute Gasteiger partial charge is 0.380 e. The Morgan fingerprint density at radius 1 is 0.731 bits per heavy atom. The van der Waals surface area contributed by atoms with E-state index < -0.39 is 0 Å². The van der Waals surface area contributed by atoms with Gasteiger partial charge in [0.25, 0.3) is 0 Å². The standard InChI is InChI=1S/C23H33NO2/c1-8-18-10-20(9-2)16(3)22(12-18)24(5)23-13-19(14-25-6)11-21(15-26-7)17(23)4/h10-13H,8-9,14-15H2,1-7H3. The van der Waals surface area contributed by atoms with Crippen molar-refractivity contribution in [3.8, 4) is 0 Å². The van der Waals surface area contributed by atoms with Crippen LogP contribution in [0.15, 0.2) is 24.3 Å². The van der Waals surface area contributed by atoms with Gasteiger partial charge in [-0.2, -0.15) is 0 Å². The second kappa shape index (κ2) is 9.20. The molecular formula is C23H33NO2. The Kier molecular flexibility index (Phi) is 7.24. The topological polar surface area (TPSA) is 21.7 Å². The molecule has 2 aromatic carbocycles. The minimum absolute atomic E-state index is 0.603. The number of aryl methyl sites for hydroxylation is 2. The summed E-state index contributed by atoms with van der Waals surface area (Å²) in [5, 5.41) is 0. The summed E-state index contributed by atoms with van der Waals surface area (Å²) >= 11 is 0. The lowest BCUT2D eigenvalue weighted by Gasteiger charge is -2.27.